The van der Waals surface area contributed by atoms with Crippen LogP contribution in [-0.2, 0) is 9.53 Å². The average molecular weight is 328 g/mol. The predicted octanol–water partition coefficient (Wildman–Crippen LogP) is -2.44. The highest BCUT2D eigenvalue weighted by molar-refractivity contribution is 5.93. The summed E-state index contributed by atoms with van der Waals surface area (Å²) in [6.07, 6.45) is -8.47. The van der Waals surface area contributed by atoms with Crippen LogP contribution in [-0.4, -0.2) is 63.0 Å². The van der Waals surface area contributed by atoms with Crippen LogP contribution in [0.5, 0.6) is 5.75 Å². The number of nitrogen functional groups attached to an aromatic ring is 1. The molecule has 0 saturated carbocycles. The summed E-state index contributed by atoms with van der Waals surface area (Å²) in [6, 6.07) is 5.50. The number of nitrogens with one attached hydrogen (secondary N) is 1. The summed E-state index contributed by atoms with van der Waals surface area (Å²) >= 11 is 0. The van der Waals surface area contributed by atoms with Gasteiger partial charge in [-0.15, -0.1) is 0 Å². The zero-order chi connectivity index (χ0) is 17.1. The molecule has 0 aromatic heterocycles. The van der Waals surface area contributed by atoms with E-state index in [0.717, 1.165) is 0 Å². The number of nitrogens with two attached hydrogens (primary N) is 1. The summed E-state index contributed by atoms with van der Waals surface area (Å²) in [4.78, 5) is 22.3. The number of aliphatic hydroxyl groups is 3. The first-order valence-electron chi connectivity index (χ1n) is 6.55. The monoisotopic (exact) mass is 328 g/mol. The second kappa shape index (κ2) is 6.89. The van der Waals surface area contributed by atoms with Gasteiger partial charge in [0.05, 0.1) is 0 Å². The Kier molecular flexibility index (Phi) is 5.13. The molecule has 1 saturated heterocycles. The molecule has 0 unspecified atom stereocenters. The number of ether oxygens (including phenoxy) is 2. The van der Waals surface area contributed by atoms with Gasteiger partial charge >= 0.3 is 5.97 Å². The van der Waals surface area contributed by atoms with Crippen LogP contribution in [0.1, 0.15) is 10.4 Å². The van der Waals surface area contributed by atoms with Gasteiger partial charge in [-0.1, -0.05) is 0 Å². The molecule has 1 aromatic rings. The van der Waals surface area contributed by atoms with Gasteiger partial charge in [0.1, 0.15) is 24.1 Å². The minimum Gasteiger partial charge on any atom is -0.479 e. The van der Waals surface area contributed by atoms with Crippen molar-refractivity contribution >= 4 is 11.9 Å². The fraction of sp³-hybridized carbons (Fsp3) is 0.385. The van der Waals surface area contributed by atoms with Gasteiger partial charge in [-0.05, 0) is 24.3 Å². The van der Waals surface area contributed by atoms with Crippen LogP contribution in [0.3, 0.4) is 0 Å². The molecule has 0 bridgehead atoms. The summed E-state index contributed by atoms with van der Waals surface area (Å²) in [6.45, 7) is 0. The molecule has 1 fully saturated rings. The lowest BCUT2D eigenvalue weighted by Gasteiger charge is -2.38. The molecule has 10 nitrogen and oxygen atoms in total. The van der Waals surface area contributed by atoms with Crippen molar-refractivity contribution in [3.63, 3.8) is 0 Å². The number of carboxylic acids is 1. The minimum absolute atomic E-state index is 0.148. The first-order valence-corrected chi connectivity index (χ1v) is 6.55. The molecule has 1 aliphatic rings. The molecule has 0 spiro atoms. The molecule has 126 valence electrons. The number of carbonyl (C=O) groups excluding carboxylic acids is 1. The van der Waals surface area contributed by atoms with Crippen molar-refractivity contribution in [3.8, 4) is 5.75 Å². The molecule has 1 amide bonds. The number of carboxylic acid groups (broad SMARTS) is 1. The number of rotatable bonds is 4. The van der Waals surface area contributed by atoms with Gasteiger partial charge in [0, 0.05) is 5.56 Å². The van der Waals surface area contributed by atoms with Crippen LogP contribution in [0.25, 0.3) is 0 Å². The van der Waals surface area contributed by atoms with E-state index in [0.29, 0.717) is 0 Å². The molecular weight excluding hydrogens is 312 g/mol. The van der Waals surface area contributed by atoms with E-state index in [2.05, 4.69) is 0 Å². The standard InChI is InChI=1S/C13H16N2O8/c14-15-11(19)5-1-3-6(4-2-5)22-13-9(18)7(16)8(17)10(23-13)12(20)21/h1-4,7-10,13,16-18H,14H2,(H,15,19)(H,20,21)/t7-,8-,9+,10-,13+/m0/s1. The molecule has 7 N–H and O–H groups in total. The maximum Gasteiger partial charge on any atom is 0.335 e. The van der Waals surface area contributed by atoms with E-state index < -0.39 is 42.6 Å². The quantitative estimate of drug-likeness (QED) is 0.199. The number of hydrazine groups is 1. The molecule has 2 rings (SSSR count). The fourth-order valence-electron chi connectivity index (χ4n) is 2.05. The first kappa shape index (κ1) is 17.1. The highest BCUT2D eigenvalue weighted by Gasteiger charge is 2.48. The molecule has 5 atom stereocenters. The number of benzene rings is 1. The Morgan fingerprint density at radius 1 is 1.09 bits per heavy atom. The van der Waals surface area contributed by atoms with Crippen LogP contribution >= 0.6 is 0 Å². The average Bonchev–Trinajstić information content (AvgIpc) is 2.55. The lowest BCUT2D eigenvalue weighted by Crippen LogP contribution is -2.61. The van der Waals surface area contributed by atoms with Gasteiger partial charge < -0.3 is 29.9 Å². The van der Waals surface area contributed by atoms with E-state index in [-0.39, 0.29) is 11.3 Å². The SMILES string of the molecule is NNC(=O)c1ccc(O[C@@H]2O[C@H](C(=O)O)[C@@H](O)[C@H](O)[C@H]2O)cc1. The zero-order valence-electron chi connectivity index (χ0n) is 11.7. The third-order valence-electron chi connectivity index (χ3n) is 3.31. The van der Waals surface area contributed by atoms with Crippen molar-refractivity contribution in [1.82, 2.24) is 5.43 Å². The van der Waals surface area contributed by atoms with Crippen molar-refractivity contribution in [1.29, 1.82) is 0 Å². The van der Waals surface area contributed by atoms with Crippen LogP contribution < -0.4 is 16.0 Å². The summed E-state index contributed by atoms with van der Waals surface area (Å²) in [5, 5.41) is 38.0. The number of carbonyl (C=O) groups is 2. The number of hydrogen-bond acceptors (Lipinski definition) is 8. The summed E-state index contributed by atoms with van der Waals surface area (Å²) < 4.78 is 10.2. The molecule has 10 heteroatoms. The molecule has 1 heterocycles. The third-order valence-corrected chi connectivity index (χ3v) is 3.31. The van der Waals surface area contributed by atoms with Crippen molar-refractivity contribution < 1.29 is 39.5 Å². The Bertz CT molecular complexity index is 578. The fourth-order valence-corrected chi connectivity index (χ4v) is 2.05. The predicted molar refractivity (Wildman–Crippen MR) is 73.0 cm³/mol. The van der Waals surface area contributed by atoms with Gasteiger partial charge in [-0.2, -0.15) is 0 Å². The number of amides is 1. The van der Waals surface area contributed by atoms with Crippen molar-refractivity contribution in [2.75, 3.05) is 0 Å². The highest BCUT2D eigenvalue weighted by atomic mass is 16.7. The van der Waals surface area contributed by atoms with Crippen molar-refractivity contribution in [2.24, 2.45) is 5.84 Å². The lowest BCUT2D eigenvalue weighted by molar-refractivity contribution is -0.271. The second-order valence-electron chi connectivity index (χ2n) is 4.85. The maximum absolute atomic E-state index is 11.3. The molecule has 1 aliphatic heterocycles. The van der Waals surface area contributed by atoms with Crippen LogP contribution in [0.4, 0.5) is 0 Å². The Morgan fingerprint density at radius 2 is 1.70 bits per heavy atom. The maximum atomic E-state index is 11.3. The van der Waals surface area contributed by atoms with E-state index in [1.807, 2.05) is 5.43 Å². The normalized spacial score (nSPS) is 30.5. The van der Waals surface area contributed by atoms with Crippen molar-refractivity contribution in [2.45, 2.75) is 30.7 Å². The zero-order valence-corrected chi connectivity index (χ0v) is 11.7. The van der Waals surface area contributed by atoms with E-state index in [4.69, 9.17) is 20.4 Å². The van der Waals surface area contributed by atoms with E-state index >= 15 is 0 Å². The van der Waals surface area contributed by atoms with E-state index in [9.17, 15) is 24.9 Å². The van der Waals surface area contributed by atoms with Gasteiger partial charge in [-0.25, -0.2) is 10.6 Å². The third kappa shape index (κ3) is 3.57. The van der Waals surface area contributed by atoms with E-state index in [1.165, 1.54) is 24.3 Å². The topological polar surface area (TPSA) is 172 Å². The summed E-state index contributed by atoms with van der Waals surface area (Å²) in [5.41, 5.74) is 2.20. The smallest absolute Gasteiger partial charge is 0.335 e. The summed E-state index contributed by atoms with van der Waals surface area (Å²) in [5.74, 6) is 3.11. The molecule has 0 radical (unpaired) electrons. The van der Waals surface area contributed by atoms with Crippen LogP contribution in [0.2, 0.25) is 0 Å². The highest BCUT2D eigenvalue weighted by Crippen LogP contribution is 2.24. The molecular formula is C13H16N2O8. The van der Waals surface area contributed by atoms with Crippen LogP contribution in [0.15, 0.2) is 24.3 Å². The first-order chi connectivity index (χ1) is 10.8. The summed E-state index contributed by atoms with van der Waals surface area (Å²) in [7, 11) is 0. The largest absolute Gasteiger partial charge is 0.479 e. The second-order valence-corrected chi connectivity index (χ2v) is 4.85. The molecule has 23 heavy (non-hydrogen) atoms. The van der Waals surface area contributed by atoms with Gasteiger partial charge in [-0.3, -0.25) is 10.2 Å². The number of aliphatic hydroxyl groups excluding tert-OH is 3. The molecule has 0 aliphatic carbocycles. The Balaban J connectivity index is 2.11. The van der Waals surface area contributed by atoms with Crippen molar-refractivity contribution in [3.05, 3.63) is 29.8 Å². The number of aliphatic carboxylic acids is 1. The van der Waals surface area contributed by atoms with Gasteiger partial charge in [0.15, 0.2) is 6.10 Å². The molecule has 1 aromatic carbocycles. The Hall–Kier alpha value is -2.24. The minimum atomic E-state index is -1.79. The Labute approximate surface area is 130 Å². The Morgan fingerprint density at radius 3 is 2.22 bits per heavy atom. The van der Waals surface area contributed by atoms with Crippen LogP contribution in [0, 0.1) is 0 Å². The number of hydrogen-bond donors (Lipinski definition) is 6. The van der Waals surface area contributed by atoms with Gasteiger partial charge in [0.2, 0.25) is 6.29 Å². The van der Waals surface area contributed by atoms with Gasteiger partial charge in [0.25, 0.3) is 5.91 Å². The lowest BCUT2D eigenvalue weighted by atomic mass is 9.99. The van der Waals surface area contributed by atoms with E-state index in [1.54, 1.807) is 0 Å².